The summed E-state index contributed by atoms with van der Waals surface area (Å²) in [5.41, 5.74) is 1.60. The summed E-state index contributed by atoms with van der Waals surface area (Å²) in [6.07, 6.45) is 11.2. The van der Waals surface area contributed by atoms with E-state index < -0.39 is 17.9 Å². The molecule has 0 saturated carbocycles. The van der Waals surface area contributed by atoms with Crippen LogP contribution in [0, 0.1) is 0 Å². The Balaban J connectivity index is 1.58. The van der Waals surface area contributed by atoms with Crippen LogP contribution in [0.1, 0.15) is 31.9 Å². The van der Waals surface area contributed by atoms with E-state index in [1.807, 2.05) is 23.1 Å². The summed E-state index contributed by atoms with van der Waals surface area (Å²) in [6.45, 7) is 2.87. The highest BCUT2D eigenvalue weighted by molar-refractivity contribution is 5.93. The quantitative estimate of drug-likeness (QED) is 0.558. The predicted molar refractivity (Wildman–Crippen MR) is 104 cm³/mol. The Morgan fingerprint density at radius 3 is 2.76 bits per heavy atom. The summed E-state index contributed by atoms with van der Waals surface area (Å²) in [4.78, 5) is 29.8. The standard InChI is InChI=1S/C20H22N4O5/c1-2-3-4-5-6-15-13-21-16-7-8-17(22-24(15)16)23-11-12-27-20(14-23)28-18(25)9-10-19(26)29-20/h5-10,13H,2-4,11-12,14H2,1H3/b6-5+. The highest BCUT2D eigenvalue weighted by Crippen LogP contribution is 2.27. The number of morpholine rings is 1. The number of esters is 2. The first-order chi connectivity index (χ1) is 14.1. The Bertz CT molecular complexity index is 960. The fourth-order valence-electron chi connectivity index (χ4n) is 3.21. The van der Waals surface area contributed by atoms with Crippen molar-refractivity contribution in [2.45, 2.75) is 32.2 Å². The monoisotopic (exact) mass is 398 g/mol. The zero-order valence-corrected chi connectivity index (χ0v) is 16.1. The summed E-state index contributed by atoms with van der Waals surface area (Å²) in [5, 5.41) is 4.67. The van der Waals surface area contributed by atoms with Gasteiger partial charge in [-0.25, -0.2) is 19.1 Å². The van der Waals surface area contributed by atoms with Gasteiger partial charge in [0.05, 0.1) is 18.5 Å². The molecule has 1 spiro atoms. The van der Waals surface area contributed by atoms with Gasteiger partial charge in [-0.15, -0.1) is 5.10 Å². The number of fused-ring (bicyclic) bond motifs is 1. The maximum atomic E-state index is 11.8. The molecule has 2 aliphatic rings. The second kappa shape index (κ2) is 8.04. The van der Waals surface area contributed by atoms with E-state index in [0.29, 0.717) is 12.4 Å². The Hall–Kier alpha value is -3.20. The van der Waals surface area contributed by atoms with Gasteiger partial charge < -0.3 is 19.1 Å². The number of rotatable bonds is 5. The van der Waals surface area contributed by atoms with Crippen molar-refractivity contribution in [3.05, 3.63) is 42.3 Å². The van der Waals surface area contributed by atoms with Crippen LogP contribution < -0.4 is 4.90 Å². The normalized spacial score (nSPS) is 19.0. The summed E-state index contributed by atoms with van der Waals surface area (Å²) in [5.74, 6) is -2.55. The third kappa shape index (κ3) is 4.14. The molecule has 0 atom stereocenters. The SMILES string of the molecule is CCCC/C=C/c1cnc2ccc(N3CCOC4(C3)OC(=O)C=CC(=O)O4)nn12. The van der Waals surface area contributed by atoms with Gasteiger partial charge in [-0.2, -0.15) is 0 Å². The molecule has 0 N–H and O–H groups in total. The summed E-state index contributed by atoms with van der Waals surface area (Å²) in [7, 11) is 0. The lowest BCUT2D eigenvalue weighted by Gasteiger charge is -2.39. The van der Waals surface area contributed by atoms with E-state index in [-0.39, 0.29) is 13.2 Å². The highest BCUT2D eigenvalue weighted by atomic mass is 16.9. The molecule has 29 heavy (non-hydrogen) atoms. The first-order valence-corrected chi connectivity index (χ1v) is 9.63. The number of hydrogen-bond donors (Lipinski definition) is 0. The number of allylic oxidation sites excluding steroid dienone is 1. The van der Waals surface area contributed by atoms with Gasteiger partial charge in [0.15, 0.2) is 5.65 Å². The molecule has 1 saturated heterocycles. The molecule has 0 bridgehead atoms. The number of hydrogen-bond acceptors (Lipinski definition) is 8. The second-order valence-corrected chi connectivity index (χ2v) is 6.82. The number of aromatic nitrogens is 3. The number of anilines is 1. The fraction of sp³-hybridized carbons (Fsp3) is 0.400. The van der Waals surface area contributed by atoms with Gasteiger partial charge in [-0.3, -0.25) is 0 Å². The van der Waals surface area contributed by atoms with Crippen LogP contribution in [0.2, 0.25) is 0 Å². The van der Waals surface area contributed by atoms with Gasteiger partial charge >= 0.3 is 17.9 Å². The van der Waals surface area contributed by atoms with Gasteiger partial charge in [-0.05, 0) is 24.6 Å². The molecule has 4 heterocycles. The lowest BCUT2D eigenvalue weighted by Crippen LogP contribution is -2.56. The van der Waals surface area contributed by atoms with Crippen LogP contribution >= 0.6 is 0 Å². The largest absolute Gasteiger partial charge is 0.395 e. The molecular weight excluding hydrogens is 376 g/mol. The third-order valence-corrected chi connectivity index (χ3v) is 4.65. The molecule has 0 unspecified atom stereocenters. The molecule has 2 aromatic heterocycles. The highest BCUT2D eigenvalue weighted by Gasteiger charge is 2.46. The Morgan fingerprint density at radius 2 is 2.00 bits per heavy atom. The number of carbonyl (C=O) groups is 2. The second-order valence-electron chi connectivity index (χ2n) is 6.82. The molecule has 0 amide bonds. The molecule has 0 radical (unpaired) electrons. The van der Waals surface area contributed by atoms with Gasteiger partial charge in [0.2, 0.25) is 0 Å². The summed E-state index contributed by atoms with van der Waals surface area (Å²) >= 11 is 0. The molecule has 2 aliphatic heterocycles. The number of imidazole rings is 1. The van der Waals surface area contributed by atoms with Gasteiger partial charge in [0, 0.05) is 18.7 Å². The number of nitrogens with zero attached hydrogens (tertiary/aromatic N) is 4. The minimum absolute atomic E-state index is 0.0149. The zero-order valence-electron chi connectivity index (χ0n) is 16.1. The van der Waals surface area contributed by atoms with Crippen molar-refractivity contribution in [2.24, 2.45) is 0 Å². The molecule has 2 aromatic rings. The topological polar surface area (TPSA) is 95.3 Å². The molecule has 1 fully saturated rings. The van der Waals surface area contributed by atoms with E-state index in [0.717, 1.165) is 42.8 Å². The van der Waals surface area contributed by atoms with Crippen LogP contribution in [0.4, 0.5) is 5.82 Å². The van der Waals surface area contributed by atoms with Gasteiger partial charge in [-0.1, -0.05) is 25.8 Å². The van der Waals surface area contributed by atoms with E-state index in [1.54, 1.807) is 10.7 Å². The smallest absolute Gasteiger partial charge is 0.393 e. The Morgan fingerprint density at radius 1 is 1.21 bits per heavy atom. The molecule has 0 aromatic carbocycles. The van der Waals surface area contributed by atoms with Crippen molar-refractivity contribution in [3.8, 4) is 0 Å². The van der Waals surface area contributed by atoms with E-state index in [9.17, 15) is 9.59 Å². The van der Waals surface area contributed by atoms with Crippen molar-refractivity contribution in [3.63, 3.8) is 0 Å². The third-order valence-electron chi connectivity index (χ3n) is 4.65. The molecule has 152 valence electrons. The van der Waals surface area contributed by atoms with Crippen LogP contribution in [0.25, 0.3) is 11.7 Å². The van der Waals surface area contributed by atoms with Crippen LogP contribution in [0.5, 0.6) is 0 Å². The minimum atomic E-state index is -1.79. The summed E-state index contributed by atoms with van der Waals surface area (Å²) < 4.78 is 17.8. The maximum Gasteiger partial charge on any atom is 0.395 e. The minimum Gasteiger partial charge on any atom is -0.393 e. The Labute approximate surface area is 167 Å². The lowest BCUT2D eigenvalue weighted by atomic mass is 10.2. The lowest BCUT2D eigenvalue weighted by molar-refractivity contribution is -0.341. The molecule has 0 aliphatic carbocycles. The van der Waals surface area contributed by atoms with Crippen LogP contribution in [-0.2, 0) is 23.8 Å². The predicted octanol–water partition coefficient (Wildman–Crippen LogP) is 2.08. The van der Waals surface area contributed by atoms with Gasteiger partial charge in [0.1, 0.15) is 12.4 Å². The average Bonchev–Trinajstić information content (AvgIpc) is 3.06. The van der Waals surface area contributed by atoms with E-state index in [2.05, 4.69) is 23.1 Å². The molecule has 9 nitrogen and oxygen atoms in total. The van der Waals surface area contributed by atoms with E-state index in [1.165, 1.54) is 0 Å². The summed E-state index contributed by atoms with van der Waals surface area (Å²) in [6, 6.07) is 3.69. The Kier molecular flexibility index (Phi) is 5.30. The van der Waals surface area contributed by atoms with Crippen molar-refractivity contribution in [1.29, 1.82) is 0 Å². The number of unbranched alkanes of at least 4 members (excludes halogenated alkanes) is 2. The van der Waals surface area contributed by atoms with E-state index in [4.69, 9.17) is 14.2 Å². The van der Waals surface area contributed by atoms with Crippen molar-refractivity contribution in [2.75, 3.05) is 24.6 Å². The average molecular weight is 398 g/mol. The van der Waals surface area contributed by atoms with Crippen LogP contribution in [0.3, 0.4) is 0 Å². The zero-order chi connectivity index (χ0) is 20.3. The number of ether oxygens (including phenoxy) is 3. The van der Waals surface area contributed by atoms with Crippen LogP contribution in [-0.4, -0.2) is 52.2 Å². The first-order valence-electron chi connectivity index (χ1n) is 9.63. The van der Waals surface area contributed by atoms with Crippen molar-refractivity contribution in [1.82, 2.24) is 14.6 Å². The van der Waals surface area contributed by atoms with Crippen molar-refractivity contribution < 1.29 is 23.8 Å². The first kappa shape index (κ1) is 19.1. The van der Waals surface area contributed by atoms with Gasteiger partial charge in [0.25, 0.3) is 0 Å². The molecule has 4 rings (SSSR count). The molecule has 9 heteroatoms. The molecular formula is C20H22N4O5. The van der Waals surface area contributed by atoms with Crippen LogP contribution in [0.15, 0.2) is 36.6 Å². The fourth-order valence-corrected chi connectivity index (χ4v) is 3.21. The van der Waals surface area contributed by atoms with Crippen molar-refractivity contribution >= 4 is 29.5 Å². The van der Waals surface area contributed by atoms with E-state index >= 15 is 0 Å². The maximum absolute atomic E-state index is 11.8. The number of carbonyl (C=O) groups excluding carboxylic acids is 2.